The summed E-state index contributed by atoms with van der Waals surface area (Å²) >= 11 is 0. The lowest BCUT2D eigenvalue weighted by molar-refractivity contribution is -0.870. The van der Waals surface area contributed by atoms with E-state index in [9.17, 15) is 9.46 Å². The maximum Gasteiger partial charge on any atom is 0.472 e. The number of rotatable bonds is 11. The molecule has 220 valence electrons. The normalized spacial score (nSPS) is 39.6. The van der Waals surface area contributed by atoms with Gasteiger partial charge in [0.05, 0.1) is 27.2 Å². The van der Waals surface area contributed by atoms with Gasteiger partial charge >= 0.3 is 7.82 Å². The molecule has 0 bridgehead atoms. The van der Waals surface area contributed by atoms with E-state index in [0.717, 1.165) is 54.8 Å². The lowest BCUT2D eigenvalue weighted by atomic mass is 9.47. The number of phosphoric acid groups is 1. The third kappa shape index (κ3) is 6.64. The van der Waals surface area contributed by atoms with Gasteiger partial charge < -0.3 is 9.38 Å². The molecule has 0 aromatic rings. The van der Waals surface area contributed by atoms with Crippen molar-refractivity contribution in [3.8, 4) is 0 Å². The molecule has 38 heavy (non-hydrogen) atoms. The average molecular weight is 553 g/mol. The van der Waals surface area contributed by atoms with Crippen molar-refractivity contribution >= 4 is 7.82 Å². The molecule has 0 spiro atoms. The number of hydrogen-bond acceptors (Lipinski definition) is 3. The van der Waals surface area contributed by atoms with E-state index in [4.69, 9.17) is 9.05 Å². The predicted octanol–water partition coefficient (Wildman–Crippen LogP) is 8.24. The van der Waals surface area contributed by atoms with Gasteiger partial charge in [0.25, 0.3) is 0 Å². The molecule has 0 aromatic carbocycles. The highest BCUT2D eigenvalue weighted by atomic mass is 31.2. The third-order valence-corrected chi connectivity index (χ3v) is 12.6. The van der Waals surface area contributed by atoms with Crippen molar-refractivity contribution in [2.75, 3.05) is 34.3 Å². The topological polar surface area (TPSA) is 55.8 Å². The Hall–Kier alpha value is -0.190. The average Bonchev–Trinajstić information content (AvgIpc) is 3.15. The summed E-state index contributed by atoms with van der Waals surface area (Å²) < 4.78 is 24.4. The Morgan fingerprint density at radius 1 is 1.05 bits per heavy atom. The Morgan fingerprint density at radius 3 is 2.47 bits per heavy atom. The molecule has 4 aliphatic rings. The molecular weight excluding hydrogens is 493 g/mol. The Bertz CT molecular complexity index is 896. The van der Waals surface area contributed by atoms with E-state index in [1.165, 1.54) is 56.9 Å². The molecule has 4 rings (SSSR count). The van der Waals surface area contributed by atoms with Gasteiger partial charge in [-0.2, -0.15) is 0 Å². The number of fused-ring (bicyclic) bond motifs is 5. The van der Waals surface area contributed by atoms with E-state index in [0.29, 0.717) is 16.4 Å². The molecule has 1 N–H and O–H groups in total. The predicted molar refractivity (Wildman–Crippen MR) is 157 cm³/mol. The number of likely N-dealkylation sites (N-methyl/N-ethyl adjacent to an activating group) is 1. The van der Waals surface area contributed by atoms with Crippen LogP contribution in [0, 0.1) is 46.3 Å². The Kier molecular flexibility index (Phi) is 9.38. The molecule has 9 atom stereocenters. The lowest BCUT2D eigenvalue weighted by Gasteiger charge is -2.58. The minimum absolute atomic E-state index is 0.217. The SMILES string of the molecule is CC(C)CCCC(C)C1CCC2C3CC=C4CC(OP(=O)(O)OCC[N+](C)(C)C)CC[C@]4(C)C3CC[C@]12C. The van der Waals surface area contributed by atoms with Crippen molar-refractivity contribution in [3.05, 3.63) is 11.6 Å². The Balaban J connectivity index is 1.38. The van der Waals surface area contributed by atoms with Gasteiger partial charge in [-0.3, -0.25) is 9.05 Å². The molecule has 6 heteroatoms. The summed E-state index contributed by atoms with van der Waals surface area (Å²) in [5.41, 5.74) is 2.21. The van der Waals surface area contributed by atoms with Crippen molar-refractivity contribution in [2.45, 2.75) is 111 Å². The molecule has 4 aliphatic carbocycles. The fourth-order valence-electron chi connectivity index (χ4n) is 9.39. The first kappa shape index (κ1) is 30.8. The zero-order chi connectivity index (χ0) is 27.9. The molecule has 5 nitrogen and oxygen atoms in total. The van der Waals surface area contributed by atoms with Crippen LogP contribution in [0.5, 0.6) is 0 Å². The molecule has 7 unspecified atom stereocenters. The van der Waals surface area contributed by atoms with Crippen molar-refractivity contribution < 1.29 is 23.0 Å². The fourth-order valence-corrected chi connectivity index (χ4v) is 10.3. The highest BCUT2D eigenvalue weighted by Gasteiger charge is 2.59. The minimum Gasteiger partial charge on any atom is -0.329 e. The van der Waals surface area contributed by atoms with Gasteiger partial charge in [0.15, 0.2) is 0 Å². The van der Waals surface area contributed by atoms with Crippen LogP contribution in [0.1, 0.15) is 105 Å². The van der Waals surface area contributed by atoms with Crippen LogP contribution in [0.4, 0.5) is 0 Å². The Morgan fingerprint density at radius 2 is 1.79 bits per heavy atom. The molecule has 0 amide bonds. The summed E-state index contributed by atoms with van der Waals surface area (Å²) in [5, 5.41) is 0. The van der Waals surface area contributed by atoms with Crippen molar-refractivity contribution in [1.29, 1.82) is 0 Å². The maximum absolute atomic E-state index is 12.7. The first-order valence-corrected chi connectivity index (χ1v) is 17.3. The molecule has 0 radical (unpaired) electrons. The zero-order valence-corrected chi connectivity index (χ0v) is 26.8. The summed E-state index contributed by atoms with van der Waals surface area (Å²) in [7, 11) is 2.10. The van der Waals surface area contributed by atoms with E-state index in [1.807, 2.05) is 21.1 Å². The number of quaternary nitrogens is 1. The second-order valence-corrected chi connectivity index (χ2v) is 17.0. The quantitative estimate of drug-likeness (QED) is 0.159. The Labute approximate surface area is 234 Å². The third-order valence-electron chi connectivity index (χ3n) is 11.6. The molecule has 0 aliphatic heterocycles. The lowest BCUT2D eigenvalue weighted by Crippen LogP contribution is -2.51. The van der Waals surface area contributed by atoms with Gasteiger partial charge in [0.1, 0.15) is 13.2 Å². The van der Waals surface area contributed by atoms with Crippen LogP contribution < -0.4 is 0 Å². The first-order chi connectivity index (χ1) is 17.6. The molecule has 3 saturated carbocycles. The van der Waals surface area contributed by atoms with Gasteiger partial charge in [-0.15, -0.1) is 0 Å². The summed E-state index contributed by atoms with van der Waals surface area (Å²) in [6, 6.07) is 0. The number of nitrogens with zero attached hydrogens (tertiary/aromatic N) is 1. The van der Waals surface area contributed by atoms with Gasteiger partial charge in [0.2, 0.25) is 0 Å². The molecule has 0 heterocycles. The summed E-state index contributed by atoms with van der Waals surface area (Å²) in [6.07, 6.45) is 15.9. The van der Waals surface area contributed by atoms with E-state index in [-0.39, 0.29) is 18.1 Å². The number of phosphoric ester groups is 1. The van der Waals surface area contributed by atoms with Crippen LogP contribution in [0.2, 0.25) is 0 Å². The summed E-state index contributed by atoms with van der Waals surface area (Å²) in [5.74, 6) is 4.96. The van der Waals surface area contributed by atoms with Gasteiger partial charge in [-0.1, -0.05) is 65.5 Å². The number of hydrogen-bond donors (Lipinski definition) is 1. The second kappa shape index (κ2) is 11.6. The second-order valence-electron chi connectivity index (χ2n) is 15.6. The van der Waals surface area contributed by atoms with E-state index >= 15 is 0 Å². The van der Waals surface area contributed by atoms with Crippen molar-refractivity contribution in [3.63, 3.8) is 0 Å². The van der Waals surface area contributed by atoms with Crippen LogP contribution in [0.3, 0.4) is 0 Å². The van der Waals surface area contributed by atoms with E-state index in [1.54, 1.807) is 0 Å². The largest absolute Gasteiger partial charge is 0.472 e. The fraction of sp³-hybridized carbons (Fsp3) is 0.938. The van der Waals surface area contributed by atoms with Gasteiger partial charge in [-0.05, 0) is 97.7 Å². The summed E-state index contributed by atoms with van der Waals surface area (Å²) in [4.78, 5) is 10.4. The van der Waals surface area contributed by atoms with Crippen LogP contribution >= 0.6 is 7.82 Å². The molecule has 3 fully saturated rings. The van der Waals surface area contributed by atoms with Crippen molar-refractivity contribution in [2.24, 2.45) is 46.3 Å². The molecule has 0 saturated heterocycles. The highest BCUT2D eigenvalue weighted by Crippen LogP contribution is 2.67. The first-order valence-electron chi connectivity index (χ1n) is 15.8. The van der Waals surface area contributed by atoms with E-state index < -0.39 is 7.82 Å². The summed E-state index contributed by atoms with van der Waals surface area (Å²) in [6.45, 7) is 13.3. The van der Waals surface area contributed by atoms with Crippen LogP contribution in [0.15, 0.2) is 11.6 Å². The minimum atomic E-state index is -4.04. The molecule has 0 aromatic heterocycles. The number of allylic oxidation sites excluding steroid dienone is 1. The van der Waals surface area contributed by atoms with Crippen molar-refractivity contribution in [1.82, 2.24) is 0 Å². The van der Waals surface area contributed by atoms with Gasteiger partial charge in [-0.25, -0.2) is 4.57 Å². The van der Waals surface area contributed by atoms with Crippen LogP contribution in [-0.4, -0.2) is 49.8 Å². The standard InChI is InChI=1S/C32H58NO4P/c1-23(2)10-9-11-24(3)28-14-15-29-27-13-12-25-22-26(37-38(34,35)36-21-20-33(6,7)8)16-18-31(25,4)30(27)17-19-32(28,29)5/h12,23-24,26-30H,9-11,13-22H2,1-8H3/p+1/t24?,26?,27?,28?,29?,30?,31-,32+/m0/s1. The molecular formula is C32H59NO4P+. The van der Waals surface area contributed by atoms with Gasteiger partial charge in [0, 0.05) is 0 Å². The smallest absolute Gasteiger partial charge is 0.329 e. The van der Waals surface area contributed by atoms with E-state index in [2.05, 4.69) is 40.7 Å². The zero-order valence-electron chi connectivity index (χ0n) is 25.9. The monoisotopic (exact) mass is 552 g/mol. The van der Waals surface area contributed by atoms with Crippen LogP contribution in [-0.2, 0) is 13.6 Å². The highest BCUT2D eigenvalue weighted by molar-refractivity contribution is 7.47. The maximum atomic E-state index is 12.7. The van der Waals surface area contributed by atoms with Crippen LogP contribution in [0.25, 0.3) is 0 Å².